The third-order valence-electron chi connectivity index (χ3n) is 13.4. The van der Waals surface area contributed by atoms with Crippen molar-refractivity contribution in [1.82, 2.24) is 0 Å². The molecule has 0 radical (unpaired) electrons. The minimum atomic E-state index is -0.465. The van der Waals surface area contributed by atoms with Crippen molar-refractivity contribution in [2.75, 3.05) is 4.90 Å². The van der Waals surface area contributed by atoms with Crippen molar-refractivity contribution in [1.29, 1.82) is 0 Å². The molecule has 2 nitrogen and oxygen atoms in total. The van der Waals surface area contributed by atoms with Crippen molar-refractivity contribution in [3.63, 3.8) is 0 Å². The van der Waals surface area contributed by atoms with E-state index in [1.165, 1.54) is 64.7 Å². The molecule has 0 N–H and O–H groups in total. The van der Waals surface area contributed by atoms with E-state index in [0.29, 0.717) is 0 Å². The minimum Gasteiger partial charge on any atom is -0.455 e. The van der Waals surface area contributed by atoms with E-state index in [0.717, 1.165) is 50.1 Å². The summed E-state index contributed by atoms with van der Waals surface area (Å²) in [6.07, 6.45) is 0. The molecular formula is C61H39NOS. The molecule has 0 saturated heterocycles. The zero-order valence-electron chi connectivity index (χ0n) is 34.8. The SMILES string of the molecule is c1ccc(C2(c3ccc(N(c4ccc(-c5ccc6sc7ccccc7c6c5)cc4)c4ccc(-c5cccc6c5oc5ccccc56)cc4)cc3)c3ccccc3-c3ccccc32)cc1. The van der Waals surface area contributed by atoms with E-state index in [1.54, 1.807) is 0 Å². The predicted molar refractivity (Wildman–Crippen MR) is 269 cm³/mol. The monoisotopic (exact) mass is 833 g/mol. The Kier molecular flexibility index (Phi) is 8.34. The van der Waals surface area contributed by atoms with Crippen LogP contribution in [0.2, 0.25) is 0 Å². The second-order valence-corrected chi connectivity index (χ2v) is 17.9. The Balaban J connectivity index is 0.939. The summed E-state index contributed by atoms with van der Waals surface area (Å²) in [5.41, 5.74) is 16.9. The zero-order valence-corrected chi connectivity index (χ0v) is 35.6. The normalized spacial score (nSPS) is 12.8. The van der Waals surface area contributed by atoms with Gasteiger partial charge in [-0.15, -0.1) is 11.3 Å². The van der Waals surface area contributed by atoms with Gasteiger partial charge in [0.05, 0.1) is 5.41 Å². The first kappa shape index (κ1) is 36.7. The Morgan fingerprint density at radius 2 is 0.859 bits per heavy atom. The van der Waals surface area contributed by atoms with E-state index in [4.69, 9.17) is 4.42 Å². The molecule has 12 aromatic rings. The largest absolute Gasteiger partial charge is 0.455 e. The van der Waals surface area contributed by atoms with Crippen molar-refractivity contribution in [2.45, 2.75) is 5.41 Å². The van der Waals surface area contributed by atoms with E-state index in [2.05, 4.69) is 229 Å². The first-order valence-corrected chi connectivity index (χ1v) is 22.7. The average molecular weight is 834 g/mol. The molecule has 1 aliphatic carbocycles. The van der Waals surface area contributed by atoms with Crippen molar-refractivity contribution in [2.24, 2.45) is 0 Å². The van der Waals surface area contributed by atoms with Gasteiger partial charge < -0.3 is 9.32 Å². The zero-order chi connectivity index (χ0) is 42.2. The number of nitrogens with zero attached hydrogens (tertiary/aromatic N) is 1. The second kappa shape index (κ2) is 14.6. The van der Waals surface area contributed by atoms with E-state index in [9.17, 15) is 0 Å². The van der Waals surface area contributed by atoms with Gasteiger partial charge in [-0.05, 0) is 111 Å². The topological polar surface area (TPSA) is 16.4 Å². The quantitative estimate of drug-likeness (QED) is 0.159. The molecule has 64 heavy (non-hydrogen) atoms. The Morgan fingerprint density at radius 1 is 0.344 bits per heavy atom. The molecule has 300 valence electrons. The maximum Gasteiger partial charge on any atom is 0.143 e. The van der Waals surface area contributed by atoms with Crippen molar-refractivity contribution >= 4 is 70.5 Å². The Hall–Kier alpha value is -7.98. The average Bonchev–Trinajstić information content (AvgIpc) is 4.04. The number of thiophene rings is 1. The number of hydrogen-bond donors (Lipinski definition) is 0. The van der Waals surface area contributed by atoms with Crippen LogP contribution in [0.4, 0.5) is 17.1 Å². The number of para-hydroxylation sites is 2. The van der Waals surface area contributed by atoms with Crippen LogP contribution in [-0.4, -0.2) is 0 Å². The molecule has 10 aromatic carbocycles. The Bertz CT molecular complexity index is 3670. The molecule has 0 fully saturated rings. The van der Waals surface area contributed by atoms with Crippen LogP contribution in [0.25, 0.3) is 75.5 Å². The van der Waals surface area contributed by atoms with Gasteiger partial charge in [0.25, 0.3) is 0 Å². The maximum atomic E-state index is 6.47. The number of furan rings is 1. The van der Waals surface area contributed by atoms with Crippen LogP contribution < -0.4 is 4.90 Å². The Labute approximate surface area is 375 Å². The molecule has 3 heteroatoms. The van der Waals surface area contributed by atoms with E-state index >= 15 is 0 Å². The highest BCUT2D eigenvalue weighted by atomic mass is 32.1. The highest BCUT2D eigenvalue weighted by molar-refractivity contribution is 7.25. The molecule has 0 unspecified atom stereocenters. The number of anilines is 3. The van der Waals surface area contributed by atoms with Crippen LogP contribution in [-0.2, 0) is 5.41 Å². The summed E-state index contributed by atoms with van der Waals surface area (Å²) in [7, 11) is 0. The van der Waals surface area contributed by atoms with Gasteiger partial charge in [-0.3, -0.25) is 0 Å². The predicted octanol–water partition coefficient (Wildman–Crippen LogP) is 17.1. The van der Waals surface area contributed by atoms with Crippen LogP contribution in [0, 0.1) is 0 Å². The summed E-state index contributed by atoms with van der Waals surface area (Å²) >= 11 is 1.86. The van der Waals surface area contributed by atoms with Crippen LogP contribution >= 0.6 is 11.3 Å². The highest BCUT2D eigenvalue weighted by Gasteiger charge is 2.45. The number of hydrogen-bond acceptors (Lipinski definition) is 3. The van der Waals surface area contributed by atoms with Gasteiger partial charge in [-0.2, -0.15) is 0 Å². The summed E-state index contributed by atoms with van der Waals surface area (Å²) in [5, 5.41) is 4.89. The Morgan fingerprint density at radius 3 is 1.58 bits per heavy atom. The number of benzene rings is 10. The fraction of sp³-hybridized carbons (Fsp3) is 0.0164. The molecule has 0 saturated carbocycles. The van der Waals surface area contributed by atoms with Gasteiger partial charge >= 0.3 is 0 Å². The maximum absolute atomic E-state index is 6.47. The summed E-state index contributed by atoms with van der Waals surface area (Å²) in [6, 6.07) is 86.5. The van der Waals surface area contributed by atoms with Crippen molar-refractivity contribution < 1.29 is 4.42 Å². The molecule has 0 amide bonds. The van der Waals surface area contributed by atoms with E-state index < -0.39 is 5.41 Å². The fourth-order valence-corrected chi connectivity index (χ4v) is 11.6. The van der Waals surface area contributed by atoms with Crippen LogP contribution in [0.3, 0.4) is 0 Å². The summed E-state index contributed by atoms with van der Waals surface area (Å²) in [4.78, 5) is 2.38. The first-order chi connectivity index (χ1) is 31.7. The van der Waals surface area contributed by atoms with Crippen molar-refractivity contribution in [3.8, 4) is 33.4 Å². The first-order valence-electron chi connectivity index (χ1n) is 21.9. The molecule has 2 heterocycles. The molecular weight excluding hydrogens is 795 g/mol. The number of fused-ring (bicyclic) bond motifs is 9. The molecule has 0 bridgehead atoms. The lowest BCUT2D eigenvalue weighted by Gasteiger charge is -2.34. The van der Waals surface area contributed by atoms with Gasteiger partial charge in [-0.1, -0.05) is 176 Å². The third-order valence-corrected chi connectivity index (χ3v) is 14.5. The second-order valence-electron chi connectivity index (χ2n) is 16.8. The fourth-order valence-electron chi connectivity index (χ4n) is 10.5. The number of rotatable bonds is 7. The van der Waals surface area contributed by atoms with Crippen LogP contribution in [0.1, 0.15) is 22.3 Å². The molecule has 1 aliphatic rings. The summed E-state index contributed by atoms with van der Waals surface area (Å²) < 4.78 is 9.11. The molecule has 0 aliphatic heterocycles. The standard InChI is InChI=1S/C61H39NOS/c1-2-13-43(14-3-1)61(55-21-8-4-15-49(55)50-16-5-9-22-56(50)61)44-30-36-47(37-31-44)62(45-32-25-40(26-33-45)42-29-38-59-54(39-42)52-18-7-11-24-58(52)64-59)46-34-27-41(28-35-46)48-19-12-20-53-51-17-6-10-23-57(51)63-60(48)53/h1-39H. The van der Waals surface area contributed by atoms with Gasteiger partial charge in [0.1, 0.15) is 11.2 Å². The van der Waals surface area contributed by atoms with Crippen molar-refractivity contribution in [3.05, 3.63) is 259 Å². The van der Waals surface area contributed by atoms with Gasteiger partial charge in [0.2, 0.25) is 0 Å². The summed E-state index contributed by atoms with van der Waals surface area (Å²) in [6.45, 7) is 0. The lowest BCUT2D eigenvalue weighted by atomic mass is 9.68. The minimum absolute atomic E-state index is 0.465. The van der Waals surface area contributed by atoms with Crippen LogP contribution in [0.5, 0.6) is 0 Å². The molecule has 2 aromatic heterocycles. The highest BCUT2D eigenvalue weighted by Crippen LogP contribution is 2.56. The molecule has 13 rings (SSSR count). The van der Waals surface area contributed by atoms with Gasteiger partial charge in [0, 0.05) is 53.6 Å². The van der Waals surface area contributed by atoms with E-state index in [1.807, 2.05) is 23.5 Å². The van der Waals surface area contributed by atoms with Crippen LogP contribution in [0.15, 0.2) is 241 Å². The lowest BCUT2D eigenvalue weighted by Crippen LogP contribution is -2.28. The smallest absolute Gasteiger partial charge is 0.143 e. The van der Waals surface area contributed by atoms with Gasteiger partial charge in [0.15, 0.2) is 0 Å². The lowest BCUT2D eigenvalue weighted by molar-refractivity contribution is 0.670. The third kappa shape index (κ3) is 5.58. The molecule has 0 spiro atoms. The summed E-state index contributed by atoms with van der Waals surface area (Å²) in [5.74, 6) is 0. The molecule has 0 atom stereocenters. The van der Waals surface area contributed by atoms with E-state index in [-0.39, 0.29) is 0 Å². The van der Waals surface area contributed by atoms with Gasteiger partial charge in [-0.25, -0.2) is 0 Å².